The SMILES string of the molecule is O=C(NC1(CCl)CCC1)c1ccc([N+](=O)[O-])cc1. The average molecular weight is 269 g/mol. The van der Waals surface area contributed by atoms with Crippen LogP contribution in [0.2, 0.25) is 0 Å². The second-order valence-corrected chi connectivity index (χ2v) is 4.79. The zero-order chi connectivity index (χ0) is 13.2. The highest BCUT2D eigenvalue weighted by atomic mass is 35.5. The van der Waals surface area contributed by atoms with E-state index in [9.17, 15) is 14.9 Å². The number of halogens is 1. The molecule has 0 aromatic heterocycles. The number of nitro groups is 1. The number of amides is 1. The number of nitrogens with one attached hydrogen (secondary N) is 1. The Labute approximate surface area is 109 Å². The Morgan fingerprint density at radius 1 is 1.39 bits per heavy atom. The van der Waals surface area contributed by atoms with Crippen molar-refractivity contribution in [2.24, 2.45) is 0 Å². The number of carbonyl (C=O) groups excluding carboxylic acids is 1. The Morgan fingerprint density at radius 3 is 2.39 bits per heavy atom. The predicted molar refractivity (Wildman–Crippen MR) is 67.9 cm³/mol. The summed E-state index contributed by atoms with van der Waals surface area (Å²) in [4.78, 5) is 22.0. The summed E-state index contributed by atoms with van der Waals surface area (Å²) in [6, 6.07) is 5.55. The first-order valence-electron chi connectivity index (χ1n) is 5.69. The quantitative estimate of drug-likeness (QED) is 0.518. The van der Waals surface area contributed by atoms with Crippen molar-refractivity contribution >= 4 is 23.2 Å². The van der Waals surface area contributed by atoms with Gasteiger partial charge < -0.3 is 5.32 Å². The lowest BCUT2D eigenvalue weighted by atomic mass is 9.78. The van der Waals surface area contributed by atoms with Gasteiger partial charge in [0, 0.05) is 23.6 Å². The second-order valence-electron chi connectivity index (χ2n) is 4.53. The third-order valence-corrected chi connectivity index (χ3v) is 3.80. The highest BCUT2D eigenvalue weighted by Crippen LogP contribution is 2.33. The number of nitrogens with zero attached hydrogens (tertiary/aromatic N) is 1. The van der Waals surface area contributed by atoms with Crippen LogP contribution in [0.4, 0.5) is 5.69 Å². The van der Waals surface area contributed by atoms with Crippen LogP contribution in [0.3, 0.4) is 0 Å². The lowest BCUT2D eigenvalue weighted by Crippen LogP contribution is -2.55. The first-order valence-corrected chi connectivity index (χ1v) is 6.23. The number of rotatable bonds is 4. The van der Waals surface area contributed by atoms with Gasteiger partial charge in [-0.2, -0.15) is 0 Å². The van der Waals surface area contributed by atoms with Crippen LogP contribution >= 0.6 is 11.6 Å². The van der Waals surface area contributed by atoms with Crippen LogP contribution < -0.4 is 5.32 Å². The molecule has 1 aromatic carbocycles. The van der Waals surface area contributed by atoms with Crippen molar-refractivity contribution < 1.29 is 9.72 Å². The minimum absolute atomic E-state index is 0.0257. The monoisotopic (exact) mass is 268 g/mol. The highest BCUT2D eigenvalue weighted by molar-refractivity contribution is 6.19. The van der Waals surface area contributed by atoms with Gasteiger partial charge in [-0.15, -0.1) is 11.6 Å². The van der Waals surface area contributed by atoms with Crippen LogP contribution in [-0.4, -0.2) is 22.2 Å². The summed E-state index contributed by atoms with van der Waals surface area (Å²) in [7, 11) is 0. The summed E-state index contributed by atoms with van der Waals surface area (Å²) in [6.45, 7) is 0. The molecule has 18 heavy (non-hydrogen) atoms. The molecule has 1 saturated carbocycles. The minimum Gasteiger partial charge on any atom is -0.345 e. The van der Waals surface area contributed by atoms with Crippen LogP contribution in [0, 0.1) is 10.1 Å². The molecule has 2 rings (SSSR count). The first-order chi connectivity index (χ1) is 8.56. The lowest BCUT2D eigenvalue weighted by molar-refractivity contribution is -0.384. The molecule has 0 spiro atoms. The van der Waals surface area contributed by atoms with Crippen molar-refractivity contribution in [3.8, 4) is 0 Å². The maximum atomic E-state index is 12.0. The Morgan fingerprint density at radius 2 is 2.00 bits per heavy atom. The average Bonchev–Trinajstić information content (AvgIpc) is 2.33. The van der Waals surface area contributed by atoms with Gasteiger partial charge in [0.25, 0.3) is 11.6 Å². The summed E-state index contributed by atoms with van der Waals surface area (Å²) < 4.78 is 0. The fraction of sp³-hybridized carbons (Fsp3) is 0.417. The van der Waals surface area contributed by atoms with Gasteiger partial charge in [0.05, 0.1) is 10.5 Å². The van der Waals surface area contributed by atoms with Crippen molar-refractivity contribution in [2.75, 3.05) is 5.88 Å². The normalized spacial score (nSPS) is 16.7. The largest absolute Gasteiger partial charge is 0.345 e. The molecule has 0 radical (unpaired) electrons. The van der Waals surface area contributed by atoms with E-state index in [0.29, 0.717) is 11.4 Å². The molecule has 1 amide bonds. The van der Waals surface area contributed by atoms with Crippen molar-refractivity contribution in [1.82, 2.24) is 5.32 Å². The number of hydrogen-bond donors (Lipinski definition) is 1. The number of nitro benzene ring substituents is 1. The van der Waals surface area contributed by atoms with Crippen LogP contribution in [-0.2, 0) is 0 Å². The summed E-state index contributed by atoms with van der Waals surface area (Å²) in [6.07, 6.45) is 2.83. The molecule has 1 aromatic rings. The molecule has 1 aliphatic rings. The van der Waals surface area contributed by atoms with Gasteiger partial charge in [-0.05, 0) is 31.4 Å². The molecule has 6 heteroatoms. The summed E-state index contributed by atoms with van der Waals surface area (Å²) >= 11 is 5.85. The Kier molecular flexibility index (Phi) is 3.52. The van der Waals surface area contributed by atoms with E-state index in [1.54, 1.807) is 0 Å². The Bertz CT molecular complexity index is 463. The minimum atomic E-state index is -0.492. The second kappa shape index (κ2) is 4.94. The number of benzene rings is 1. The van der Waals surface area contributed by atoms with E-state index in [0.717, 1.165) is 19.3 Å². The number of non-ortho nitro benzene ring substituents is 1. The third-order valence-electron chi connectivity index (χ3n) is 3.29. The van der Waals surface area contributed by atoms with Crippen LogP contribution in [0.25, 0.3) is 0 Å². The molecular weight excluding hydrogens is 256 g/mol. The topological polar surface area (TPSA) is 72.2 Å². The van der Waals surface area contributed by atoms with E-state index in [1.165, 1.54) is 24.3 Å². The van der Waals surface area contributed by atoms with Gasteiger partial charge >= 0.3 is 0 Å². The van der Waals surface area contributed by atoms with E-state index >= 15 is 0 Å². The van der Waals surface area contributed by atoms with Gasteiger partial charge in [0.2, 0.25) is 0 Å². The maximum Gasteiger partial charge on any atom is 0.269 e. The van der Waals surface area contributed by atoms with E-state index in [2.05, 4.69) is 5.32 Å². The van der Waals surface area contributed by atoms with E-state index in [-0.39, 0.29) is 17.1 Å². The molecule has 0 unspecified atom stereocenters. The van der Waals surface area contributed by atoms with Crippen LogP contribution in [0.15, 0.2) is 24.3 Å². The third kappa shape index (κ3) is 2.46. The van der Waals surface area contributed by atoms with Crippen LogP contribution in [0.5, 0.6) is 0 Å². The molecule has 0 aliphatic heterocycles. The van der Waals surface area contributed by atoms with Crippen molar-refractivity contribution in [1.29, 1.82) is 0 Å². The fourth-order valence-corrected chi connectivity index (χ4v) is 2.28. The molecule has 1 N–H and O–H groups in total. The van der Waals surface area contributed by atoms with Gasteiger partial charge in [0.1, 0.15) is 0 Å². The van der Waals surface area contributed by atoms with Gasteiger partial charge in [0.15, 0.2) is 0 Å². The molecule has 1 fully saturated rings. The smallest absolute Gasteiger partial charge is 0.269 e. The van der Waals surface area contributed by atoms with Crippen LogP contribution in [0.1, 0.15) is 29.6 Å². The molecule has 0 saturated heterocycles. The molecule has 96 valence electrons. The maximum absolute atomic E-state index is 12.0. The number of hydrogen-bond acceptors (Lipinski definition) is 3. The molecule has 1 aliphatic carbocycles. The summed E-state index contributed by atoms with van der Waals surface area (Å²) in [5, 5.41) is 13.4. The van der Waals surface area contributed by atoms with Gasteiger partial charge in [-0.3, -0.25) is 14.9 Å². The zero-order valence-electron chi connectivity index (χ0n) is 9.69. The Balaban J connectivity index is 2.07. The first kappa shape index (κ1) is 12.8. The predicted octanol–water partition coefficient (Wildman–Crippen LogP) is 2.49. The molecule has 0 atom stereocenters. The molecule has 0 heterocycles. The standard InChI is InChI=1S/C12H13ClN2O3/c13-8-12(6-1-7-12)14-11(16)9-2-4-10(5-3-9)15(17)18/h2-5H,1,6-8H2,(H,14,16). The summed E-state index contributed by atoms with van der Waals surface area (Å²) in [5.74, 6) is 0.163. The molecule has 5 nitrogen and oxygen atoms in total. The Hall–Kier alpha value is -1.62. The van der Waals surface area contributed by atoms with Crippen molar-refractivity contribution in [3.63, 3.8) is 0 Å². The van der Waals surface area contributed by atoms with Crippen molar-refractivity contribution in [3.05, 3.63) is 39.9 Å². The lowest BCUT2D eigenvalue weighted by Gasteiger charge is -2.41. The van der Waals surface area contributed by atoms with E-state index < -0.39 is 4.92 Å². The fourth-order valence-electron chi connectivity index (χ4n) is 1.94. The zero-order valence-corrected chi connectivity index (χ0v) is 10.4. The number of carbonyl (C=O) groups is 1. The van der Waals surface area contributed by atoms with E-state index in [4.69, 9.17) is 11.6 Å². The summed E-state index contributed by atoms with van der Waals surface area (Å²) in [5.41, 5.74) is 0.0969. The molecule has 0 bridgehead atoms. The van der Waals surface area contributed by atoms with Gasteiger partial charge in [-0.25, -0.2) is 0 Å². The van der Waals surface area contributed by atoms with Crippen molar-refractivity contribution in [2.45, 2.75) is 24.8 Å². The number of alkyl halides is 1. The highest BCUT2D eigenvalue weighted by Gasteiger charge is 2.37. The van der Waals surface area contributed by atoms with E-state index in [1.807, 2.05) is 0 Å². The molecular formula is C12H13ClN2O3. The van der Waals surface area contributed by atoms with Gasteiger partial charge in [-0.1, -0.05) is 0 Å².